The van der Waals surface area contributed by atoms with Gasteiger partial charge in [-0.2, -0.15) is 0 Å². The second-order valence-corrected chi connectivity index (χ2v) is 4.20. The van der Waals surface area contributed by atoms with Crippen LogP contribution in [0.3, 0.4) is 0 Å². The maximum Gasteiger partial charge on any atom is 0.182 e. The van der Waals surface area contributed by atoms with Crippen LogP contribution in [-0.4, -0.2) is 5.60 Å². The summed E-state index contributed by atoms with van der Waals surface area (Å²) in [5, 5.41) is 11.3. The van der Waals surface area contributed by atoms with Gasteiger partial charge in [0.05, 0.1) is 0 Å². The number of fused-ring (bicyclic) bond motifs is 1. The van der Waals surface area contributed by atoms with E-state index in [9.17, 15) is 5.11 Å². The van der Waals surface area contributed by atoms with Crippen LogP contribution in [-0.2, 0) is 11.5 Å². The smallest absolute Gasteiger partial charge is 0.182 e. The SMILES string of the molecule is Cc1c([O])ccc2c1CC(C)(C)O2. The van der Waals surface area contributed by atoms with Gasteiger partial charge in [0.15, 0.2) is 5.75 Å². The van der Waals surface area contributed by atoms with Crippen molar-refractivity contribution < 1.29 is 9.84 Å². The van der Waals surface area contributed by atoms with Crippen molar-refractivity contribution in [3.63, 3.8) is 0 Å². The molecule has 1 aromatic carbocycles. The Bertz CT molecular complexity index is 353. The van der Waals surface area contributed by atoms with E-state index in [0.717, 1.165) is 23.3 Å². The van der Waals surface area contributed by atoms with Crippen LogP contribution < -0.4 is 4.74 Å². The molecule has 1 heterocycles. The van der Waals surface area contributed by atoms with Crippen LogP contribution >= 0.6 is 0 Å². The summed E-state index contributed by atoms with van der Waals surface area (Å²) in [7, 11) is 0. The van der Waals surface area contributed by atoms with Gasteiger partial charge in [0.1, 0.15) is 11.4 Å². The molecule has 0 fully saturated rings. The molecule has 2 nitrogen and oxygen atoms in total. The van der Waals surface area contributed by atoms with Gasteiger partial charge in [0, 0.05) is 17.5 Å². The molecule has 0 saturated carbocycles. The van der Waals surface area contributed by atoms with E-state index in [1.54, 1.807) is 12.1 Å². The first-order valence-electron chi connectivity index (χ1n) is 4.48. The van der Waals surface area contributed by atoms with E-state index in [0.29, 0.717) is 0 Å². The lowest BCUT2D eigenvalue weighted by atomic mass is 9.98. The highest BCUT2D eigenvalue weighted by molar-refractivity contribution is 5.50. The van der Waals surface area contributed by atoms with Crippen LogP contribution in [0.4, 0.5) is 0 Å². The predicted octanol–water partition coefficient (Wildman–Crippen LogP) is 2.85. The average Bonchev–Trinajstić information content (AvgIpc) is 2.34. The summed E-state index contributed by atoms with van der Waals surface area (Å²) in [6, 6.07) is 3.36. The van der Waals surface area contributed by atoms with E-state index in [-0.39, 0.29) is 11.4 Å². The zero-order chi connectivity index (χ0) is 9.64. The Morgan fingerprint density at radius 1 is 1.38 bits per heavy atom. The summed E-state index contributed by atoms with van der Waals surface area (Å²) >= 11 is 0. The van der Waals surface area contributed by atoms with Crippen LogP contribution in [0, 0.1) is 6.92 Å². The summed E-state index contributed by atoms with van der Waals surface area (Å²) in [4.78, 5) is 0. The Balaban J connectivity index is 2.53. The minimum absolute atomic E-state index is 0.111. The van der Waals surface area contributed by atoms with Gasteiger partial charge in [-0.3, -0.25) is 5.11 Å². The first kappa shape index (κ1) is 8.42. The van der Waals surface area contributed by atoms with Gasteiger partial charge in [-0.1, -0.05) is 0 Å². The molecule has 2 rings (SSSR count). The molecule has 0 atom stereocenters. The lowest BCUT2D eigenvalue weighted by Crippen LogP contribution is -2.24. The van der Waals surface area contributed by atoms with E-state index in [2.05, 4.69) is 0 Å². The molecule has 1 radical (unpaired) electrons. The molecular formula is C11H13O2. The Morgan fingerprint density at radius 2 is 2.08 bits per heavy atom. The lowest BCUT2D eigenvalue weighted by Gasteiger charge is -2.16. The molecule has 0 unspecified atom stereocenters. The molecule has 1 aliphatic heterocycles. The monoisotopic (exact) mass is 177 g/mol. The lowest BCUT2D eigenvalue weighted by molar-refractivity contribution is 0.138. The van der Waals surface area contributed by atoms with Crippen LogP contribution in [0.2, 0.25) is 0 Å². The summed E-state index contributed by atoms with van der Waals surface area (Å²) in [6.07, 6.45) is 0.838. The standard InChI is InChI=1S/C11H13O2/c1-7-8-6-11(2,3)13-10(8)5-4-9(7)12/h4-5H,6H2,1-3H3. The van der Waals surface area contributed by atoms with Gasteiger partial charge in [0.2, 0.25) is 0 Å². The summed E-state index contributed by atoms with van der Waals surface area (Å²) < 4.78 is 5.69. The number of ether oxygens (including phenoxy) is 1. The zero-order valence-electron chi connectivity index (χ0n) is 8.18. The van der Waals surface area contributed by atoms with Crippen LogP contribution in [0.25, 0.3) is 0 Å². The third-order valence-electron chi connectivity index (χ3n) is 2.49. The van der Waals surface area contributed by atoms with Crippen molar-refractivity contribution >= 4 is 0 Å². The zero-order valence-corrected chi connectivity index (χ0v) is 8.18. The molecule has 0 spiro atoms. The van der Waals surface area contributed by atoms with Gasteiger partial charge in [0.25, 0.3) is 0 Å². The first-order chi connectivity index (χ1) is 5.99. The Morgan fingerprint density at radius 3 is 2.77 bits per heavy atom. The minimum atomic E-state index is -0.152. The highest BCUT2D eigenvalue weighted by Crippen LogP contribution is 2.39. The maximum atomic E-state index is 11.3. The molecule has 0 aliphatic carbocycles. The predicted molar refractivity (Wildman–Crippen MR) is 49.7 cm³/mol. The van der Waals surface area contributed by atoms with Gasteiger partial charge in [-0.05, 0) is 32.9 Å². The van der Waals surface area contributed by atoms with Crippen molar-refractivity contribution in [3.05, 3.63) is 23.3 Å². The summed E-state index contributed by atoms with van der Waals surface area (Å²) in [6.45, 7) is 5.94. The first-order valence-corrected chi connectivity index (χ1v) is 4.48. The highest BCUT2D eigenvalue weighted by atomic mass is 16.5. The fraction of sp³-hybridized carbons (Fsp3) is 0.455. The van der Waals surface area contributed by atoms with Crippen molar-refractivity contribution in [3.8, 4) is 11.5 Å². The second kappa shape index (κ2) is 2.41. The normalized spacial score (nSPS) is 18.1. The molecule has 1 aliphatic rings. The van der Waals surface area contributed by atoms with Crippen molar-refractivity contribution in [2.45, 2.75) is 32.8 Å². The largest absolute Gasteiger partial charge is 0.487 e. The van der Waals surface area contributed by atoms with Crippen molar-refractivity contribution in [2.24, 2.45) is 0 Å². The minimum Gasteiger partial charge on any atom is -0.487 e. The topological polar surface area (TPSA) is 29.1 Å². The van der Waals surface area contributed by atoms with Crippen molar-refractivity contribution in [1.29, 1.82) is 0 Å². The van der Waals surface area contributed by atoms with E-state index < -0.39 is 0 Å². The van der Waals surface area contributed by atoms with E-state index in [1.165, 1.54) is 0 Å². The Hall–Kier alpha value is -1.18. The number of hydrogen-bond donors (Lipinski definition) is 0. The molecule has 1 aromatic rings. The Kier molecular flexibility index (Phi) is 1.56. The third-order valence-corrected chi connectivity index (χ3v) is 2.49. The van der Waals surface area contributed by atoms with E-state index >= 15 is 0 Å². The van der Waals surface area contributed by atoms with Gasteiger partial charge in [-0.25, -0.2) is 0 Å². The van der Waals surface area contributed by atoms with Crippen molar-refractivity contribution in [1.82, 2.24) is 0 Å². The quantitative estimate of drug-likeness (QED) is 0.599. The molecule has 0 saturated heterocycles. The summed E-state index contributed by atoms with van der Waals surface area (Å²) in [5.74, 6) is 0.988. The Labute approximate surface area is 78.2 Å². The maximum absolute atomic E-state index is 11.3. The van der Waals surface area contributed by atoms with Crippen LogP contribution in [0.5, 0.6) is 11.5 Å². The molecule has 69 valence electrons. The number of rotatable bonds is 0. The van der Waals surface area contributed by atoms with E-state index in [1.807, 2.05) is 20.8 Å². The molecule has 0 aromatic heterocycles. The molecular weight excluding hydrogens is 164 g/mol. The number of hydrogen-bond acceptors (Lipinski definition) is 1. The van der Waals surface area contributed by atoms with E-state index in [4.69, 9.17) is 4.74 Å². The molecule has 2 heteroatoms. The van der Waals surface area contributed by atoms with Crippen molar-refractivity contribution in [2.75, 3.05) is 0 Å². The average molecular weight is 177 g/mol. The fourth-order valence-corrected chi connectivity index (χ4v) is 1.79. The second-order valence-electron chi connectivity index (χ2n) is 4.20. The van der Waals surface area contributed by atoms with Crippen LogP contribution in [0.15, 0.2) is 12.1 Å². The highest BCUT2D eigenvalue weighted by Gasteiger charge is 2.31. The summed E-state index contributed by atoms with van der Waals surface area (Å²) in [5.41, 5.74) is 1.77. The number of benzene rings is 1. The van der Waals surface area contributed by atoms with Gasteiger partial charge < -0.3 is 4.74 Å². The van der Waals surface area contributed by atoms with Crippen LogP contribution in [0.1, 0.15) is 25.0 Å². The van der Waals surface area contributed by atoms with Gasteiger partial charge in [-0.15, -0.1) is 0 Å². The molecule has 0 N–H and O–H groups in total. The third kappa shape index (κ3) is 1.26. The molecule has 13 heavy (non-hydrogen) atoms. The molecule has 0 amide bonds. The van der Waals surface area contributed by atoms with Gasteiger partial charge >= 0.3 is 0 Å². The fourth-order valence-electron chi connectivity index (χ4n) is 1.79. The molecule has 0 bridgehead atoms.